The van der Waals surface area contributed by atoms with Crippen LogP contribution >= 0.6 is 15.2 Å². The lowest BCUT2D eigenvalue weighted by Gasteiger charge is -2.27. The van der Waals surface area contributed by atoms with Gasteiger partial charge in [0.05, 0.1) is 38.8 Å². The molecule has 164 valence electrons. The second kappa shape index (κ2) is 15.1. The highest BCUT2D eigenvalue weighted by Gasteiger charge is 2.27. The van der Waals surface area contributed by atoms with Crippen molar-refractivity contribution in [2.75, 3.05) is 79.0 Å². The maximum absolute atomic E-state index is 12.7. The molecule has 8 nitrogen and oxygen atoms in total. The Morgan fingerprint density at radius 2 is 1.00 bits per heavy atom. The average molecular weight is 430 g/mol. The van der Waals surface area contributed by atoms with Gasteiger partial charge in [0.2, 0.25) is 0 Å². The molecule has 0 rings (SSSR count). The van der Waals surface area contributed by atoms with Crippen molar-refractivity contribution in [1.82, 2.24) is 9.80 Å². The zero-order valence-electron chi connectivity index (χ0n) is 18.0. The summed E-state index contributed by atoms with van der Waals surface area (Å²) in [6.45, 7) is 11.5. The molecule has 0 aliphatic heterocycles. The summed E-state index contributed by atoms with van der Waals surface area (Å²) in [6, 6.07) is 0. The first-order valence-electron chi connectivity index (χ1n) is 9.87. The largest absolute Gasteiger partial charge is 0.331 e. The molecular formula is C17H40N2O6P2. The summed E-state index contributed by atoms with van der Waals surface area (Å²) in [5.41, 5.74) is 0. The SMILES string of the molecule is CCOP(=O)(CCN(CCCN(C)C)CCP(=O)(OCC)OCC)OCC. The van der Waals surface area contributed by atoms with E-state index in [1.54, 1.807) is 27.7 Å². The molecule has 0 N–H and O–H groups in total. The van der Waals surface area contributed by atoms with Gasteiger partial charge in [-0.05, 0) is 61.3 Å². The number of rotatable bonds is 18. The van der Waals surface area contributed by atoms with E-state index in [1.807, 2.05) is 14.1 Å². The highest BCUT2D eigenvalue weighted by molar-refractivity contribution is 7.54. The summed E-state index contributed by atoms with van der Waals surface area (Å²) in [6.07, 6.45) is 1.57. The van der Waals surface area contributed by atoms with Gasteiger partial charge in [-0.1, -0.05) is 0 Å². The fraction of sp³-hybridized carbons (Fsp3) is 1.00. The lowest BCUT2D eigenvalue weighted by Crippen LogP contribution is -2.33. The van der Waals surface area contributed by atoms with Gasteiger partial charge in [-0.2, -0.15) is 0 Å². The predicted octanol–water partition coefficient (Wildman–Crippen LogP) is 3.77. The zero-order chi connectivity index (χ0) is 20.8. The van der Waals surface area contributed by atoms with Crippen molar-refractivity contribution in [3.63, 3.8) is 0 Å². The fourth-order valence-corrected chi connectivity index (χ4v) is 5.89. The van der Waals surface area contributed by atoms with Crippen LogP contribution in [0.1, 0.15) is 34.1 Å². The van der Waals surface area contributed by atoms with Crippen LogP contribution < -0.4 is 0 Å². The van der Waals surface area contributed by atoms with E-state index in [0.717, 1.165) is 19.5 Å². The molecule has 0 heterocycles. The van der Waals surface area contributed by atoms with Crippen LogP contribution in [0.15, 0.2) is 0 Å². The van der Waals surface area contributed by atoms with E-state index in [1.165, 1.54) is 0 Å². The molecule has 27 heavy (non-hydrogen) atoms. The molecule has 0 saturated carbocycles. The Labute approximate surface area is 165 Å². The van der Waals surface area contributed by atoms with Crippen molar-refractivity contribution in [3.05, 3.63) is 0 Å². The molecule has 0 aromatic carbocycles. The van der Waals surface area contributed by atoms with E-state index >= 15 is 0 Å². The average Bonchev–Trinajstić information content (AvgIpc) is 2.57. The summed E-state index contributed by atoms with van der Waals surface area (Å²) in [7, 11) is -2.14. The maximum atomic E-state index is 12.7. The zero-order valence-corrected chi connectivity index (χ0v) is 19.8. The Morgan fingerprint density at radius 1 is 0.630 bits per heavy atom. The molecule has 0 saturated heterocycles. The third-order valence-corrected chi connectivity index (χ3v) is 7.86. The summed E-state index contributed by atoms with van der Waals surface area (Å²) in [4.78, 5) is 4.26. The third-order valence-electron chi connectivity index (χ3n) is 3.76. The summed E-state index contributed by atoms with van der Waals surface area (Å²) in [5, 5.41) is 0. The molecule has 0 bridgehead atoms. The van der Waals surface area contributed by atoms with Crippen LogP contribution in [-0.4, -0.2) is 88.8 Å². The van der Waals surface area contributed by atoms with Crippen LogP contribution in [-0.2, 0) is 27.2 Å². The topological polar surface area (TPSA) is 77.5 Å². The lowest BCUT2D eigenvalue weighted by molar-refractivity contribution is 0.204. The number of hydrogen-bond acceptors (Lipinski definition) is 8. The van der Waals surface area contributed by atoms with Gasteiger partial charge in [-0.15, -0.1) is 0 Å². The minimum absolute atomic E-state index is 0.310. The molecule has 0 unspecified atom stereocenters. The van der Waals surface area contributed by atoms with E-state index in [0.29, 0.717) is 51.8 Å². The van der Waals surface area contributed by atoms with Crippen molar-refractivity contribution in [2.24, 2.45) is 0 Å². The minimum atomic E-state index is -3.10. The van der Waals surface area contributed by atoms with E-state index in [-0.39, 0.29) is 0 Å². The molecule has 0 atom stereocenters. The van der Waals surface area contributed by atoms with Gasteiger partial charge < -0.3 is 27.9 Å². The van der Waals surface area contributed by atoms with Crippen molar-refractivity contribution < 1.29 is 27.2 Å². The summed E-state index contributed by atoms with van der Waals surface area (Å²) in [5.74, 6) is 0. The van der Waals surface area contributed by atoms with Crippen LogP contribution in [0.25, 0.3) is 0 Å². The van der Waals surface area contributed by atoms with E-state index in [2.05, 4.69) is 9.80 Å². The number of nitrogens with zero attached hydrogens (tertiary/aromatic N) is 2. The van der Waals surface area contributed by atoms with Gasteiger partial charge in [-0.3, -0.25) is 9.13 Å². The van der Waals surface area contributed by atoms with Crippen LogP contribution in [0, 0.1) is 0 Å². The van der Waals surface area contributed by atoms with Crippen LogP contribution in [0.2, 0.25) is 0 Å². The molecule has 0 fully saturated rings. The maximum Gasteiger partial charge on any atom is 0.331 e. The molecule has 0 aliphatic rings. The van der Waals surface area contributed by atoms with Gasteiger partial charge in [0.25, 0.3) is 0 Å². The third kappa shape index (κ3) is 13.1. The summed E-state index contributed by atoms with van der Waals surface area (Å²) >= 11 is 0. The first kappa shape index (κ1) is 27.2. The summed E-state index contributed by atoms with van der Waals surface area (Å²) < 4.78 is 47.0. The van der Waals surface area contributed by atoms with Gasteiger partial charge in [0, 0.05) is 13.1 Å². The quantitative estimate of drug-likeness (QED) is 0.304. The molecule has 0 aromatic heterocycles. The van der Waals surface area contributed by atoms with Gasteiger partial charge in [-0.25, -0.2) is 0 Å². The smallest absolute Gasteiger partial charge is 0.309 e. The molecule has 0 amide bonds. The van der Waals surface area contributed by atoms with Crippen molar-refractivity contribution in [1.29, 1.82) is 0 Å². The minimum Gasteiger partial charge on any atom is -0.309 e. The van der Waals surface area contributed by atoms with Gasteiger partial charge >= 0.3 is 15.2 Å². The van der Waals surface area contributed by atoms with Crippen molar-refractivity contribution in [2.45, 2.75) is 34.1 Å². The Bertz CT molecular complexity index is 411. The van der Waals surface area contributed by atoms with Crippen molar-refractivity contribution in [3.8, 4) is 0 Å². The van der Waals surface area contributed by atoms with E-state index < -0.39 is 15.2 Å². The predicted molar refractivity (Wildman–Crippen MR) is 111 cm³/mol. The molecular weight excluding hydrogens is 390 g/mol. The van der Waals surface area contributed by atoms with Crippen LogP contribution in [0.5, 0.6) is 0 Å². The normalized spacial score (nSPS) is 13.0. The first-order valence-corrected chi connectivity index (χ1v) is 13.3. The second-order valence-corrected chi connectivity index (χ2v) is 10.7. The van der Waals surface area contributed by atoms with E-state index in [4.69, 9.17) is 18.1 Å². The second-order valence-electron chi connectivity index (χ2n) is 6.34. The molecule has 0 spiro atoms. The molecule has 0 aromatic rings. The van der Waals surface area contributed by atoms with E-state index in [9.17, 15) is 9.13 Å². The fourth-order valence-electron chi connectivity index (χ4n) is 2.59. The van der Waals surface area contributed by atoms with Crippen LogP contribution in [0.3, 0.4) is 0 Å². The monoisotopic (exact) mass is 430 g/mol. The Kier molecular flexibility index (Phi) is 15.2. The Balaban J connectivity index is 4.89. The highest BCUT2D eigenvalue weighted by Crippen LogP contribution is 2.49. The van der Waals surface area contributed by atoms with Gasteiger partial charge in [0.15, 0.2) is 0 Å². The Hall–Kier alpha value is 0.220. The number of hydrogen-bond donors (Lipinski definition) is 0. The highest BCUT2D eigenvalue weighted by atomic mass is 31.2. The first-order chi connectivity index (χ1) is 12.7. The van der Waals surface area contributed by atoms with Crippen molar-refractivity contribution >= 4 is 15.2 Å². The van der Waals surface area contributed by atoms with Gasteiger partial charge in [0.1, 0.15) is 0 Å². The lowest BCUT2D eigenvalue weighted by atomic mass is 10.3. The molecule has 10 heteroatoms. The molecule has 0 radical (unpaired) electrons. The standard InChI is InChI=1S/C17H40N2O6P2/c1-7-22-26(20,23-8-2)16-14-19(13-11-12-18(5)6)15-17-27(21,24-9-3)25-10-4/h7-17H2,1-6H3. The molecule has 0 aliphatic carbocycles. The Morgan fingerprint density at radius 3 is 1.30 bits per heavy atom. The van der Waals surface area contributed by atoms with Crippen LogP contribution in [0.4, 0.5) is 0 Å².